The third kappa shape index (κ3) is 4.39. The van der Waals surface area contributed by atoms with Gasteiger partial charge in [0.05, 0.1) is 27.3 Å². The lowest BCUT2D eigenvalue weighted by atomic mass is 10.1. The Morgan fingerprint density at radius 3 is 2.54 bits per heavy atom. The van der Waals surface area contributed by atoms with Gasteiger partial charge in [0, 0.05) is 14.1 Å². The first-order chi connectivity index (χ1) is 16.4. The highest BCUT2D eigenvalue weighted by Gasteiger charge is 2.35. The first kappa shape index (κ1) is 24.4. The van der Waals surface area contributed by atoms with Crippen LogP contribution < -0.4 is 22.5 Å². The van der Waals surface area contributed by atoms with Crippen LogP contribution in [0.25, 0.3) is 21.6 Å². The number of aromatic nitrogens is 5. The molecule has 0 atom stereocenters. The second-order valence-electron chi connectivity index (χ2n) is 7.28. The molecule has 3 N–H and O–H groups in total. The van der Waals surface area contributed by atoms with Gasteiger partial charge in [-0.3, -0.25) is 23.5 Å². The number of pyridine rings is 1. The van der Waals surface area contributed by atoms with Crippen molar-refractivity contribution >= 4 is 45.7 Å². The number of hydrogen-bond donors (Lipinski definition) is 2. The van der Waals surface area contributed by atoms with Crippen LogP contribution in [0.5, 0.6) is 0 Å². The molecule has 182 valence electrons. The van der Waals surface area contributed by atoms with Crippen LogP contribution in [0.4, 0.5) is 19.0 Å². The first-order valence-corrected chi connectivity index (χ1v) is 11.5. The number of carbonyl (C=O) groups is 1. The lowest BCUT2D eigenvalue weighted by Gasteiger charge is -2.12. The number of hydrogen-bond acceptors (Lipinski definition) is 9. The molecule has 4 heterocycles. The molecule has 0 radical (unpaired) electrons. The van der Waals surface area contributed by atoms with Crippen LogP contribution in [0.2, 0.25) is 0 Å². The molecule has 0 unspecified atom stereocenters. The normalized spacial score (nSPS) is 11.8. The van der Waals surface area contributed by atoms with Gasteiger partial charge < -0.3 is 10.7 Å². The molecule has 10 nitrogen and oxygen atoms in total. The Kier molecular flexibility index (Phi) is 6.14. The molecule has 35 heavy (non-hydrogen) atoms. The number of nitrogen functional groups attached to an aromatic ring is 1. The number of thioether (sulfide) groups is 1. The number of anilines is 1. The molecule has 0 aromatic carbocycles. The molecule has 0 bridgehead atoms. The van der Waals surface area contributed by atoms with E-state index in [0.29, 0.717) is 16.6 Å². The van der Waals surface area contributed by atoms with E-state index in [1.807, 2.05) is 0 Å². The zero-order chi connectivity index (χ0) is 25.7. The van der Waals surface area contributed by atoms with Crippen LogP contribution in [0.1, 0.15) is 15.9 Å². The van der Waals surface area contributed by atoms with Gasteiger partial charge >= 0.3 is 11.9 Å². The number of aromatic amines is 1. The topological polar surface area (TPSA) is 146 Å². The van der Waals surface area contributed by atoms with Crippen molar-refractivity contribution in [2.24, 2.45) is 14.1 Å². The van der Waals surface area contributed by atoms with Crippen LogP contribution in [0.15, 0.2) is 43.1 Å². The lowest BCUT2D eigenvalue weighted by molar-refractivity contribution is -0.136. The highest BCUT2D eigenvalue weighted by Crippen LogP contribution is 2.36. The smallest absolute Gasteiger partial charge is 0.384 e. The second-order valence-corrected chi connectivity index (χ2v) is 9.19. The van der Waals surface area contributed by atoms with Crippen molar-refractivity contribution in [3.8, 4) is 10.6 Å². The van der Waals surface area contributed by atoms with Crippen LogP contribution in [0, 0.1) is 0 Å². The van der Waals surface area contributed by atoms with E-state index in [1.165, 1.54) is 25.4 Å². The maximum atomic E-state index is 13.7. The Balaban J connectivity index is 1.75. The largest absolute Gasteiger partial charge is 0.417 e. The second kappa shape index (κ2) is 8.81. The number of nitrogens with zero attached hydrogens (tertiary/aromatic N) is 4. The highest BCUT2D eigenvalue weighted by molar-refractivity contribution is 7.99. The average Bonchev–Trinajstić information content (AvgIpc) is 3.34. The Morgan fingerprint density at radius 1 is 1.20 bits per heavy atom. The molecule has 0 aliphatic carbocycles. The van der Waals surface area contributed by atoms with E-state index in [2.05, 4.69) is 15.0 Å². The fourth-order valence-electron chi connectivity index (χ4n) is 3.29. The maximum Gasteiger partial charge on any atom is 0.417 e. The van der Waals surface area contributed by atoms with E-state index in [9.17, 15) is 32.3 Å². The zero-order valence-corrected chi connectivity index (χ0v) is 19.6. The van der Waals surface area contributed by atoms with E-state index in [1.54, 1.807) is 17.5 Å². The molecule has 15 heteroatoms. The Labute approximate surface area is 201 Å². The number of H-pyrrole nitrogens is 1. The summed E-state index contributed by atoms with van der Waals surface area (Å²) in [5.74, 6) is -1.54. The van der Waals surface area contributed by atoms with Gasteiger partial charge in [0.15, 0.2) is 16.6 Å². The van der Waals surface area contributed by atoms with Gasteiger partial charge in [0.1, 0.15) is 11.4 Å². The number of halogens is 3. The molecule has 4 rings (SSSR count). The number of carbonyl (C=O) groups excluding carboxylic acids is 1. The fraction of sp³-hybridized carbons (Fsp3) is 0.200. The summed E-state index contributed by atoms with van der Waals surface area (Å²) in [5.41, 5.74) is 1.01. The summed E-state index contributed by atoms with van der Waals surface area (Å²) in [6.45, 7) is 0. The molecular weight excluding hydrogens is 509 g/mol. The molecule has 0 saturated heterocycles. The molecule has 0 fully saturated rings. The van der Waals surface area contributed by atoms with Crippen molar-refractivity contribution in [1.29, 1.82) is 0 Å². The number of thiophene rings is 1. The number of alkyl halides is 3. The van der Waals surface area contributed by atoms with Crippen molar-refractivity contribution in [1.82, 2.24) is 24.1 Å². The van der Waals surface area contributed by atoms with Crippen LogP contribution >= 0.6 is 23.1 Å². The summed E-state index contributed by atoms with van der Waals surface area (Å²) in [5, 5.41) is 0.756. The number of ketones is 1. The number of fused-ring (bicyclic) bond motifs is 1. The summed E-state index contributed by atoms with van der Waals surface area (Å²) in [6.07, 6.45) is -4.84. The molecule has 0 spiro atoms. The summed E-state index contributed by atoms with van der Waals surface area (Å²) in [6, 6.07) is 4.02. The third-order valence-corrected chi connectivity index (χ3v) is 6.83. The van der Waals surface area contributed by atoms with Crippen molar-refractivity contribution in [3.05, 3.63) is 65.9 Å². The van der Waals surface area contributed by atoms with Gasteiger partial charge in [-0.2, -0.15) is 13.2 Å². The van der Waals surface area contributed by atoms with Gasteiger partial charge in [-0.15, -0.1) is 11.3 Å². The van der Waals surface area contributed by atoms with Crippen molar-refractivity contribution < 1.29 is 18.0 Å². The molecule has 4 aromatic rings. The van der Waals surface area contributed by atoms with Crippen molar-refractivity contribution in [2.45, 2.75) is 11.3 Å². The van der Waals surface area contributed by atoms with Crippen molar-refractivity contribution in [3.63, 3.8) is 0 Å². The molecular formula is C20H15F3N6O4S2. The van der Waals surface area contributed by atoms with E-state index in [0.717, 1.165) is 15.2 Å². The lowest BCUT2D eigenvalue weighted by Crippen LogP contribution is -2.41. The molecule has 0 amide bonds. The van der Waals surface area contributed by atoms with Crippen LogP contribution in [-0.4, -0.2) is 35.6 Å². The van der Waals surface area contributed by atoms with E-state index >= 15 is 0 Å². The van der Waals surface area contributed by atoms with E-state index < -0.39 is 56.7 Å². The summed E-state index contributed by atoms with van der Waals surface area (Å²) in [4.78, 5) is 60.4. The van der Waals surface area contributed by atoms with Gasteiger partial charge in [-0.1, -0.05) is 17.8 Å². The molecule has 0 aliphatic rings. The first-order valence-electron chi connectivity index (χ1n) is 9.67. The molecule has 0 aliphatic heterocycles. The number of nitrogens with two attached hydrogens (primary N) is 1. The average molecular weight is 525 g/mol. The van der Waals surface area contributed by atoms with E-state index in [-0.39, 0.29) is 16.7 Å². The maximum absolute atomic E-state index is 13.7. The van der Waals surface area contributed by atoms with Gasteiger partial charge in [-0.05, 0) is 17.5 Å². The number of rotatable bonds is 5. The minimum Gasteiger partial charge on any atom is -0.384 e. The van der Waals surface area contributed by atoms with Crippen molar-refractivity contribution in [2.75, 3.05) is 11.5 Å². The van der Waals surface area contributed by atoms with Gasteiger partial charge in [0.25, 0.3) is 11.1 Å². The van der Waals surface area contributed by atoms with E-state index in [4.69, 9.17) is 5.73 Å². The van der Waals surface area contributed by atoms with Crippen LogP contribution in [0.3, 0.4) is 0 Å². The Morgan fingerprint density at radius 2 is 1.91 bits per heavy atom. The van der Waals surface area contributed by atoms with Crippen LogP contribution in [-0.2, 0) is 20.3 Å². The SMILES string of the molecule is Cn1c(N)c(C(=O)CSc2nc3nc(-c4cccs4)cc(C(F)(F)F)c3c(=O)[nH]2)c(=O)n(C)c1=O. The Bertz CT molecular complexity index is 1660. The summed E-state index contributed by atoms with van der Waals surface area (Å²) >= 11 is 1.85. The highest BCUT2D eigenvalue weighted by atomic mass is 32.2. The third-order valence-electron chi connectivity index (χ3n) is 5.06. The predicted molar refractivity (Wildman–Crippen MR) is 125 cm³/mol. The fourth-order valence-corrected chi connectivity index (χ4v) is 4.70. The van der Waals surface area contributed by atoms with Gasteiger partial charge in [0.2, 0.25) is 0 Å². The quantitative estimate of drug-likeness (QED) is 0.229. The number of nitrogens with one attached hydrogen (secondary N) is 1. The zero-order valence-electron chi connectivity index (χ0n) is 18.0. The van der Waals surface area contributed by atoms with Gasteiger partial charge in [-0.25, -0.2) is 14.8 Å². The Hall–Kier alpha value is -3.72. The summed E-state index contributed by atoms with van der Waals surface area (Å²) in [7, 11) is 2.48. The standard InChI is InChI=1S/C20H15F3N6O4S2/c1-28-14(24)13(17(32)29(2)19(28)33)10(30)7-35-18-26-15-12(16(31)27-18)8(20(21,22)23)6-9(25-15)11-4-3-5-34-11/h3-6H,7,24H2,1-2H3,(H,25,26,27,31). The molecule has 4 aromatic heterocycles. The minimum atomic E-state index is -4.84. The molecule has 0 saturated carbocycles. The number of Topliss-reactive ketones (excluding diaryl/α,β-unsaturated/α-hetero) is 1. The monoisotopic (exact) mass is 524 g/mol. The minimum absolute atomic E-state index is 0.00794. The summed E-state index contributed by atoms with van der Waals surface area (Å²) < 4.78 is 42.8. The predicted octanol–water partition coefficient (Wildman–Crippen LogP) is 2.02.